The third kappa shape index (κ3) is 5.37. The Kier molecular flexibility index (Phi) is 7.78. The molecule has 2 atom stereocenters. The first-order valence-corrected chi connectivity index (χ1v) is 13.2. The highest BCUT2D eigenvalue weighted by Gasteiger charge is 2.25. The van der Waals surface area contributed by atoms with Crippen LogP contribution in [-0.4, -0.2) is 76.2 Å². The van der Waals surface area contributed by atoms with Crippen LogP contribution in [0, 0.1) is 6.92 Å². The van der Waals surface area contributed by atoms with Crippen molar-refractivity contribution in [3.63, 3.8) is 0 Å². The number of halogens is 1. The van der Waals surface area contributed by atoms with Crippen molar-refractivity contribution in [2.75, 3.05) is 44.8 Å². The maximum atomic E-state index is 13.4. The first-order valence-electron chi connectivity index (χ1n) is 12.9. The van der Waals surface area contributed by atoms with Crippen LogP contribution in [0.5, 0.6) is 0 Å². The lowest BCUT2D eigenvalue weighted by molar-refractivity contribution is -0.0136. The van der Waals surface area contributed by atoms with E-state index in [2.05, 4.69) is 33.6 Å². The number of nitrogens with zero attached hydrogens (tertiary/aromatic N) is 4. The molecule has 0 saturated carbocycles. The summed E-state index contributed by atoms with van der Waals surface area (Å²) < 4.78 is 13.1. The summed E-state index contributed by atoms with van der Waals surface area (Å²) in [5.74, 6) is 0.392. The highest BCUT2D eigenvalue weighted by molar-refractivity contribution is 6.33. The number of nitrogens with one attached hydrogen (secondary N) is 1. The smallest absolute Gasteiger partial charge is 0.223 e. The van der Waals surface area contributed by atoms with E-state index in [1.165, 1.54) is 0 Å². The van der Waals surface area contributed by atoms with Gasteiger partial charge in [0.1, 0.15) is 0 Å². The fraction of sp³-hybridized carbons (Fsp3) is 0.519. The summed E-state index contributed by atoms with van der Waals surface area (Å²) in [5.41, 5.74) is 4.08. The van der Waals surface area contributed by atoms with Crippen molar-refractivity contribution in [2.45, 2.75) is 51.9 Å². The number of rotatable bonds is 6. The lowest BCUT2D eigenvalue weighted by atomic mass is 10.0. The molecular formula is C27H34ClN5O4. The molecule has 2 aliphatic rings. The summed E-state index contributed by atoms with van der Waals surface area (Å²) >= 11 is 6.56. The van der Waals surface area contributed by atoms with E-state index in [0.29, 0.717) is 54.8 Å². The lowest BCUT2D eigenvalue weighted by Gasteiger charge is -2.30. The Morgan fingerprint density at radius 3 is 2.73 bits per heavy atom. The minimum atomic E-state index is -0.634. The standard InChI is InChI=1S/C27H34ClN5O4/c1-16(2)33-22-12-18(25-20(28)13-29-27(31-25)30-21-6-9-37-15-24(21)34)4-5-19(22)26(35)17(3)23(33)14-32-7-10-36-11-8-32/h4-5,12-13,16,21,24,34H,6-11,14-15H2,1-3H3,(H,29,30,31)/t21-,24-/m1/s1. The molecule has 10 heteroatoms. The van der Waals surface area contributed by atoms with Gasteiger partial charge in [0.2, 0.25) is 5.95 Å². The molecule has 0 radical (unpaired) electrons. The molecule has 0 aliphatic carbocycles. The van der Waals surface area contributed by atoms with E-state index in [9.17, 15) is 9.90 Å². The zero-order valence-corrected chi connectivity index (χ0v) is 22.3. The molecular weight excluding hydrogens is 494 g/mol. The Labute approximate surface area is 221 Å². The molecule has 3 aromatic rings. The van der Waals surface area contributed by atoms with Crippen molar-refractivity contribution in [1.82, 2.24) is 19.4 Å². The normalized spacial score (nSPS) is 21.0. The van der Waals surface area contributed by atoms with Gasteiger partial charge in [-0.25, -0.2) is 9.97 Å². The molecule has 2 aromatic heterocycles. The zero-order chi connectivity index (χ0) is 26.1. The molecule has 5 rings (SSSR count). The Bertz CT molecular complexity index is 1340. The van der Waals surface area contributed by atoms with Gasteiger partial charge in [-0.3, -0.25) is 9.69 Å². The maximum Gasteiger partial charge on any atom is 0.223 e. The third-order valence-corrected chi connectivity index (χ3v) is 7.49. The number of pyridine rings is 1. The Balaban J connectivity index is 1.57. The monoisotopic (exact) mass is 527 g/mol. The second kappa shape index (κ2) is 11.0. The van der Waals surface area contributed by atoms with Crippen molar-refractivity contribution in [3.05, 3.63) is 50.9 Å². The van der Waals surface area contributed by atoms with Crippen molar-refractivity contribution < 1.29 is 14.6 Å². The average molecular weight is 528 g/mol. The van der Waals surface area contributed by atoms with Gasteiger partial charge in [-0.2, -0.15) is 0 Å². The minimum absolute atomic E-state index is 0.0476. The van der Waals surface area contributed by atoms with Gasteiger partial charge >= 0.3 is 0 Å². The van der Waals surface area contributed by atoms with Crippen LogP contribution in [0.2, 0.25) is 5.02 Å². The predicted octanol–water partition coefficient (Wildman–Crippen LogP) is 3.40. The number of morpholine rings is 1. The summed E-state index contributed by atoms with van der Waals surface area (Å²) in [5, 5.41) is 14.6. The summed E-state index contributed by atoms with van der Waals surface area (Å²) in [6.07, 6.45) is 1.59. The molecule has 0 amide bonds. The molecule has 0 bridgehead atoms. The SMILES string of the molecule is Cc1c(CN2CCOCC2)n(C(C)C)c2cc(-c3nc(N[C@@H]4CCOC[C@H]4O)ncc3Cl)ccc2c1=O. The quantitative estimate of drug-likeness (QED) is 0.503. The maximum absolute atomic E-state index is 13.4. The molecule has 1 aromatic carbocycles. The first kappa shape index (κ1) is 26.1. The molecule has 2 N–H and O–H groups in total. The van der Waals surface area contributed by atoms with Gasteiger partial charge in [0.15, 0.2) is 5.43 Å². The van der Waals surface area contributed by atoms with Gasteiger partial charge in [0, 0.05) is 54.5 Å². The highest BCUT2D eigenvalue weighted by Crippen LogP contribution is 2.31. The van der Waals surface area contributed by atoms with Crippen LogP contribution < -0.4 is 10.7 Å². The number of aromatic nitrogens is 3. The summed E-state index contributed by atoms with van der Waals surface area (Å²) in [4.78, 5) is 24.8. The summed E-state index contributed by atoms with van der Waals surface area (Å²) in [6.45, 7) is 10.8. The topological polar surface area (TPSA) is 102 Å². The second-order valence-corrected chi connectivity index (χ2v) is 10.5. The molecule has 2 fully saturated rings. The van der Waals surface area contributed by atoms with E-state index in [1.54, 1.807) is 6.20 Å². The molecule has 4 heterocycles. The van der Waals surface area contributed by atoms with Crippen LogP contribution in [0.1, 0.15) is 37.6 Å². The largest absolute Gasteiger partial charge is 0.389 e. The van der Waals surface area contributed by atoms with Crippen LogP contribution in [0.25, 0.3) is 22.2 Å². The zero-order valence-electron chi connectivity index (χ0n) is 21.5. The summed E-state index contributed by atoms with van der Waals surface area (Å²) in [7, 11) is 0. The number of benzene rings is 1. The minimum Gasteiger partial charge on any atom is -0.389 e. The summed E-state index contributed by atoms with van der Waals surface area (Å²) in [6, 6.07) is 5.69. The van der Waals surface area contributed by atoms with E-state index < -0.39 is 6.10 Å². The second-order valence-electron chi connectivity index (χ2n) is 10.1. The number of fused-ring (bicyclic) bond motifs is 1. The van der Waals surface area contributed by atoms with Crippen LogP contribution in [0.4, 0.5) is 5.95 Å². The molecule has 0 spiro atoms. The van der Waals surface area contributed by atoms with Crippen molar-refractivity contribution in [1.29, 1.82) is 0 Å². The van der Waals surface area contributed by atoms with Gasteiger partial charge in [0.05, 0.1) is 54.4 Å². The van der Waals surface area contributed by atoms with E-state index in [1.807, 2.05) is 25.1 Å². The average Bonchev–Trinajstić information content (AvgIpc) is 2.89. The fourth-order valence-corrected chi connectivity index (χ4v) is 5.38. The van der Waals surface area contributed by atoms with Crippen LogP contribution in [-0.2, 0) is 16.0 Å². The molecule has 2 saturated heterocycles. The van der Waals surface area contributed by atoms with E-state index in [0.717, 1.165) is 35.4 Å². The number of hydrogen-bond donors (Lipinski definition) is 2. The van der Waals surface area contributed by atoms with Gasteiger partial charge in [0.25, 0.3) is 0 Å². The first-order chi connectivity index (χ1) is 17.8. The fourth-order valence-electron chi connectivity index (χ4n) is 5.18. The Hall–Kier alpha value is -2.56. The van der Waals surface area contributed by atoms with Crippen molar-refractivity contribution in [2.24, 2.45) is 0 Å². The molecule has 9 nitrogen and oxygen atoms in total. The molecule has 37 heavy (non-hydrogen) atoms. The van der Waals surface area contributed by atoms with Gasteiger partial charge < -0.3 is 24.5 Å². The van der Waals surface area contributed by atoms with Crippen molar-refractivity contribution in [3.8, 4) is 11.3 Å². The van der Waals surface area contributed by atoms with E-state index >= 15 is 0 Å². The van der Waals surface area contributed by atoms with E-state index in [-0.39, 0.29) is 24.1 Å². The molecule has 2 aliphatic heterocycles. The van der Waals surface area contributed by atoms with Crippen LogP contribution in [0.3, 0.4) is 0 Å². The number of aliphatic hydroxyl groups excluding tert-OH is 1. The number of ether oxygens (including phenoxy) is 2. The number of anilines is 1. The van der Waals surface area contributed by atoms with E-state index in [4.69, 9.17) is 26.1 Å². The number of hydrogen-bond acceptors (Lipinski definition) is 8. The predicted molar refractivity (Wildman–Crippen MR) is 144 cm³/mol. The van der Waals surface area contributed by atoms with Gasteiger partial charge in [-0.1, -0.05) is 17.7 Å². The molecule has 0 unspecified atom stereocenters. The van der Waals surface area contributed by atoms with Gasteiger partial charge in [-0.15, -0.1) is 0 Å². The van der Waals surface area contributed by atoms with Crippen LogP contribution >= 0.6 is 11.6 Å². The highest BCUT2D eigenvalue weighted by atomic mass is 35.5. The molecule has 198 valence electrons. The number of aliphatic hydroxyl groups is 1. The van der Waals surface area contributed by atoms with Gasteiger partial charge in [-0.05, 0) is 39.3 Å². The Morgan fingerprint density at radius 1 is 1.22 bits per heavy atom. The van der Waals surface area contributed by atoms with Crippen LogP contribution in [0.15, 0.2) is 29.2 Å². The lowest BCUT2D eigenvalue weighted by Crippen LogP contribution is -2.42. The Morgan fingerprint density at radius 2 is 2.00 bits per heavy atom. The van der Waals surface area contributed by atoms with Crippen molar-refractivity contribution >= 4 is 28.5 Å². The third-order valence-electron chi connectivity index (χ3n) is 7.22.